The van der Waals surface area contributed by atoms with Crippen LogP contribution in [0.4, 0.5) is 0 Å². The van der Waals surface area contributed by atoms with Crippen molar-refractivity contribution in [3.05, 3.63) is 24.3 Å². The summed E-state index contributed by atoms with van der Waals surface area (Å²) in [5.74, 6) is -0.333. The van der Waals surface area contributed by atoms with Gasteiger partial charge in [-0.3, -0.25) is 0 Å². The predicted molar refractivity (Wildman–Crippen MR) is 46.8 cm³/mol. The number of carbonyl (C=O) groups is 1. The molecule has 0 saturated carbocycles. The Morgan fingerprint density at radius 3 is 2.93 bits per heavy atom. The van der Waals surface area contributed by atoms with Crippen LogP contribution in [-0.2, 0) is 46.0 Å². The van der Waals surface area contributed by atoms with Crippen LogP contribution in [-0.4, -0.2) is 19.5 Å². The van der Waals surface area contributed by atoms with Crippen molar-refractivity contribution in [3.8, 4) is 0 Å². The van der Waals surface area contributed by atoms with E-state index >= 15 is 0 Å². The van der Waals surface area contributed by atoms with E-state index in [9.17, 15) is 4.79 Å². The molecule has 0 N–H and O–H groups in total. The summed E-state index contributed by atoms with van der Waals surface area (Å²) in [4.78, 5) is 16.8. The number of nitrogens with zero attached hydrogens (tertiary/aromatic N) is 3. The van der Waals surface area contributed by atoms with Crippen LogP contribution >= 0.6 is 0 Å². The molecule has 0 fully saturated rings. The maximum atomic E-state index is 11.8. The molecule has 1 amide bonds. The summed E-state index contributed by atoms with van der Waals surface area (Å²) in [5.41, 5.74) is 0.462. The average molecular weight is 412 g/mol. The van der Waals surface area contributed by atoms with Crippen molar-refractivity contribution < 1.29 is 46.0 Å². The van der Waals surface area contributed by atoms with Gasteiger partial charge in [-0.25, -0.2) is 0 Å². The van der Waals surface area contributed by atoms with Gasteiger partial charge in [0.2, 0.25) is 0 Å². The quantitative estimate of drug-likeness (QED) is 0.639. The molecule has 0 atom stereocenters. The van der Waals surface area contributed by atoms with E-state index in [-0.39, 0.29) is 5.91 Å². The molecule has 0 saturated heterocycles. The summed E-state index contributed by atoms with van der Waals surface area (Å²) in [5, 5.41) is 8.32. The zero-order valence-electron chi connectivity index (χ0n) is 7.88. The van der Waals surface area contributed by atoms with Gasteiger partial charge in [0.1, 0.15) is 0 Å². The number of hydrogen-bond acceptors (Lipinski definition) is 4. The molecule has 0 aliphatic carbocycles. The van der Waals surface area contributed by atoms with Gasteiger partial charge in [-0.05, 0) is 0 Å². The number of allylic oxidation sites excluding steroid dienone is 2. The van der Waals surface area contributed by atoms with Gasteiger partial charge in [0.15, 0.2) is 0 Å². The van der Waals surface area contributed by atoms with Crippen molar-refractivity contribution >= 4 is 14.3 Å². The molecule has 1 rings (SSSR count). The number of rotatable bonds is 3. The Bertz CT molecular complexity index is 403. The first-order chi connectivity index (χ1) is 7.06. The van der Waals surface area contributed by atoms with Gasteiger partial charge >= 0.3 is 107 Å². The molecule has 0 radical (unpaired) electrons. The van der Waals surface area contributed by atoms with Crippen LogP contribution in [0.5, 0.6) is 0 Å². The third-order valence-corrected chi connectivity index (χ3v) is 2.57. The van der Waals surface area contributed by atoms with Gasteiger partial charge in [0.25, 0.3) is 0 Å². The van der Waals surface area contributed by atoms with Crippen molar-refractivity contribution in [2.75, 3.05) is 0 Å². The topological polar surface area (TPSA) is 54.3 Å². The van der Waals surface area contributed by atoms with Crippen LogP contribution in [0.15, 0.2) is 34.6 Å². The second-order valence-corrected chi connectivity index (χ2v) is 4.87. The minimum atomic E-state index is -0.333. The number of carbonyl (C=O) groups excluding carboxylic acids is 1. The number of hydroxylamine groups is 1. The molecule has 77 valence electrons. The molecule has 1 heterocycles. The Hall–Kier alpha value is -0.477. The fourth-order valence-electron chi connectivity index (χ4n) is 0.816. The third-order valence-electron chi connectivity index (χ3n) is 1.35. The third kappa shape index (κ3) is 3.24. The first-order valence-corrected chi connectivity index (χ1v) is 6.06. The van der Waals surface area contributed by atoms with E-state index in [2.05, 4.69) is 33.9 Å². The molecule has 0 bridgehead atoms. The van der Waals surface area contributed by atoms with Crippen molar-refractivity contribution in [3.63, 3.8) is 0 Å². The maximum absolute atomic E-state index is 11.8. The van der Waals surface area contributed by atoms with Gasteiger partial charge in [0.05, 0.1) is 0 Å². The summed E-state index contributed by atoms with van der Waals surface area (Å²) >= 11 is 3.25. The standard InChI is InChI=1S/C8H7N3O2.V.W/c1-3-5-7-6-9-10-11(8(7)12)13-4-2;;/h3,5H,1H2,2H3;;. The van der Waals surface area contributed by atoms with Crippen molar-refractivity contribution in [2.45, 2.75) is 6.92 Å². The number of amides is 1. The Morgan fingerprint density at radius 1 is 1.73 bits per heavy atom. The van der Waals surface area contributed by atoms with Crippen molar-refractivity contribution in [1.82, 2.24) is 5.17 Å². The van der Waals surface area contributed by atoms with Crippen LogP contribution in [0.3, 0.4) is 0 Å². The summed E-state index contributed by atoms with van der Waals surface area (Å²) in [7, 11) is 0. The van der Waals surface area contributed by atoms with Crippen LogP contribution in [0, 0.1) is 0 Å². The Morgan fingerprint density at radius 2 is 2.40 bits per heavy atom. The van der Waals surface area contributed by atoms with Gasteiger partial charge in [-0.2, -0.15) is 0 Å². The molecular formula is C8H7N3O2VW. The van der Waals surface area contributed by atoms with Crippen LogP contribution < -0.4 is 0 Å². The first-order valence-electron chi connectivity index (χ1n) is 3.90. The summed E-state index contributed by atoms with van der Waals surface area (Å²) < 4.78 is 1.18. The first kappa shape index (κ1) is 12.6. The van der Waals surface area contributed by atoms with E-state index in [4.69, 9.17) is 4.84 Å². The van der Waals surface area contributed by atoms with Crippen LogP contribution in [0.25, 0.3) is 0 Å². The molecule has 0 unspecified atom stereocenters. The van der Waals surface area contributed by atoms with Crippen LogP contribution in [0.1, 0.15) is 6.92 Å². The molecular weight excluding hydrogens is 405 g/mol. The van der Waals surface area contributed by atoms with Crippen molar-refractivity contribution in [2.24, 2.45) is 10.3 Å². The fourth-order valence-corrected chi connectivity index (χ4v) is 1.63. The second-order valence-electron chi connectivity index (χ2n) is 2.50. The molecule has 0 spiro atoms. The van der Waals surface area contributed by atoms with Gasteiger partial charge in [0, 0.05) is 0 Å². The molecule has 15 heavy (non-hydrogen) atoms. The Kier molecular flexibility index (Phi) is 4.67. The molecule has 0 aromatic carbocycles. The van der Waals surface area contributed by atoms with E-state index in [1.54, 1.807) is 13.0 Å². The molecule has 1 aliphatic heterocycles. The second kappa shape index (κ2) is 5.56. The van der Waals surface area contributed by atoms with Crippen molar-refractivity contribution in [1.29, 1.82) is 0 Å². The van der Waals surface area contributed by atoms with Gasteiger partial charge in [-0.1, -0.05) is 0 Å². The summed E-state index contributed by atoms with van der Waals surface area (Å²) in [6.45, 7) is 5.24. The minimum absolute atomic E-state index is 0.333. The van der Waals surface area contributed by atoms with E-state index in [1.807, 2.05) is 0 Å². The van der Waals surface area contributed by atoms with E-state index in [0.29, 0.717) is 14.0 Å². The van der Waals surface area contributed by atoms with Gasteiger partial charge < -0.3 is 0 Å². The average Bonchev–Trinajstić information content (AvgIpc) is 2.16. The molecule has 0 aromatic heterocycles. The van der Waals surface area contributed by atoms with E-state index in [0.717, 1.165) is 24.5 Å². The summed E-state index contributed by atoms with van der Waals surface area (Å²) in [6, 6.07) is 0. The Labute approximate surface area is 107 Å². The predicted octanol–water partition coefficient (Wildman–Crippen LogP) is 0.613. The summed E-state index contributed by atoms with van der Waals surface area (Å²) in [6.07, 6.45) is 3.13. The van der Waals surface area contributed by atoms with E-state index < -0.39 is 0 Å². The normalized spacial score (nSPS) is 18.4. The van der Waals surface area contributed by atoms with E-state index in [1.165, 1.54) is 6.08 Å². The molecule has 5 nitrogen and oxygen atoms in total. The SMILES string of the molecule is C=CC=C1C(=O)N(O[C](C)=[V])N=N[C]1=[W]. The zero-order chi connectivity index (χ0) is 11.4. The molecule has 1 aliphatic rings. The fraction of sp³-hybridized carbons (Fsp3) is 0.125. The van der Waals surface area contributed by atoms with Crippen LogP contribution in [0.2, 0.25) is 0 Å². The number of hydrogen-bond donors (Lipinski definition) is 0. The zero-order valence-corrected chi connectivity index (χ0v) is 12.2. The Balaban J connectivity index is 2.98. The molecule has 7 heteroatoms. The molecule has 0 aromatic rings. The monoisotopic (exact) mass is 412 g/mol. The van der Waals surface area contributed by atoms with Gasteiger partial charge in [-0.15, -0.1) is 0 Å².